The van der Waals surface area contributed by atoms with Gasteiger partial charge in [-0.25, -0.2) is 0 Å². The molecule has 0 radical (unpaired) electrons. The van der Waals surface area contributed by atoms with Crippen molar-refractivity contribution in [3.8, 4) is 0 Å². The standard InChI is InChI=1S/C9H14.C8H10/c1-8-6-4-5-7-9(8,2)3;1-7-5-3-4-6-8(7)2/h4-6H,7H2,1-3H3;3-6H,1-2H3. The number of hydrogen-bond donors (Lipinski definition) is 0. The molecule has 0 nitrogen and oxygen atoms in total. The Hall–Kier alpha value is -1.30. The lowest BCUT2D eigenvalue weighted by atomic mass is 9.79. The molecule has 0 saturated carbocycles. The van der Waals surface area contributed by atoms with Crippen molar-refractivity contribution in [2.75, 3.05) is 0 Å². The fourth-order valence-corrected chi connectivity index (χ4v) is 1.62. The Morgan fingerprint density at radius 3 is 1.76 bits per heavy atom. The van der Waals surface area contributed by atoms with Crippen molar-refractivity contribution in [3.63, 3.8) is 0 Å². The molecule has 0 saturated heterocycles. The summed E-state index contributed by atoms with van der Waals surface area (Å²) in [7, 11) is 0. The second-order valence-corrected chi connectivity index (χ2v) is 5.45. The number of rotatable bonds is 0. The van der Waals surface area contributed by atoms with Crippen molar-refractivity contribution in [1.29, 1.82) is 0 Å². The summed E-state index contributed by atoms with van der Waals surface area (Å²) in [5.74, 6) is 0. The van der Waals surface area contributed by atoms with Gasteiger partial charge in [0.15, 0.2) is 0 Å². The average Bonchev–Trinajstić information content (AvgIpc) is 2.28. The van der Waals surface area contributed by atoms with Crippen LogP contribution in [0.2, 0.25) is 0 Å². The zero-order valence-electron chi connectivity index (χ0n) is 11.7. The summed E-state index contributed by atoms with van der Waals surface area (Å²) in [5, 5.41) is 0. The van der Waals surface area contributed by atoms with Gasteiger partial charge in [0, 0.05) is 0 Å². The molecule has 0 unspecified atom stereocenters. The summed E-state index contributed by atoms with van der Waals surface area (Å²) in [5.41, 5.74) is 4.64. The molecule has 0 N–H and O–H groups in total. The first-order valence-electron chi connectivity index (χ1n) is 6.29. The maximum Gasteiger partial charge on any atom is -0.0110 e. The fraction of sp³-hybridized carbons (Fsp3) is 0.412. The van der Waals surface area contributed by atoms with Crippen LogP contribution in [0.3, 0.4) is 0 Å². The SMILES string of the molecule is CC1=CC=CCC1(C)C.Cc1ccccc1C. The second kappa shape index (κ2) is 5.86. The molecule has 0 aromatic heterocycles. The molecule has 1 aliphatic carbocycles. The van der Waals surface area contributed by atoms with Gasteiger partial charge in [-0.05, 0) is 43.7 Å². The quantitative estimate of drug-likeness (QED) is 0.571. The highest BCUT2D eigenvalue weighted by molar-refractivity contribution is 5.23. The molecule has 0 bridgehead atoms. The zero-order valence-corrected chi connectivity index (χ0v) is 11.7. The Bertz CT molecular complexity index is 398. The topological polar surface area (TPSA) is 0 Å². The highest BCUT2D eigenvalue weighted by atomic mass is 14.2. The monoisotopic (exact) mass is 228 g/mol. The normalized spacial score (nSPS) is 16.9. The van der Waals surface area contributed by atoms with E-state index in [9.17, 15) is 0 Å². The van der Waals surface area contributed by atoms with E-state index in [0.717, 1.165) is 0 Å². The first kappa shape index (κ1) is 13.8. The number of hydrogen-bond acceptors (Lipinski definition) is 0. The van der Waals surface area contributed by atoms with Crippen molar-refractivity contribution < 1.29 is 0 Å². The van der Waals surface area contributed by atoms with E-state index < -0.39 is 0 Å². The average molecular weight is 228 g/mol. The van der Waals surface area contributed by atoms with Crippen molar-refractivity contribution >= 4 is 0 Å². The van der Waals surface area contributed by atoms with Gasteiger partial charge in [-0.1, -0.05) is 61.9 Å². The van der Waals surface area contributed by atoms with Crippen LogP contribution in [0.25, 0.3) is 0 Å². The van der Waals surface area contributed by atoms with Crippen LogP contribution in [-0.2, 0) is 0 Å². The molecule has 0 spiro atoms. The van der Waals surface area contributed by atoms with E-state index >= 15 is 0 Å². The molecule has 2 rings (SSSR count). The molecule has 0 aliphatic heterocycles. The summed E-state index contributed by atoms with van der Waals surface area (Å²) in [6.45, 7) is 11.0. The lowest BCUT2D eigenvalue weighted by molar-refractivity contribution is 0.449. The predicted molar refractivity (Wildman–Crippen MR) is 77.2 cm³/mol. The first-order chi connectivity index (χ1) is 7.93. The number of aryl methyl sites for hydroxylation is 2. The minimum absolute atomic E-state index is 0.411. The maximum absolute atomic E-state index is 2.28. The van der Waals surface area contributed by atoms with E-state index in [1.807, 2.05) is 0 Å². The van der Waals surface area contributed by atoms with Crippen molar-refractivity contribution in [2.45, 2.75) is 41.0 Å². The Balaban J connectivity index is 0.000000171. The van der Waals surface area contributed by atoms with Gasteiger partial charge in [0.25, 0.3) is 0 Å². The summed E-state index contributed by atoms with van der Waals surface area (Å²) in [6.07, 6.45) is 7.76. The zero-order chi connectivity index (χ0) is 12.9. The Kier molecular flexibility index (Phi) is 4.74. The van der Waals surface area contributed by atoms with E-state index in [1.165, 1.54) is 23.1 Å². The third kappa shape index (κ3) is 4.22. The number of allylic oxidation sites excluding steroid dienone is 4. The van der Waals surface area contributed by atoms with Crippen molar-refractivity contribution in [2.24, 2.45) is 5.41 Å². The third-order valence-electron chi connectivity index (χ3n) is 3.60. The molecule has 92 valence electrons. The van der Waals surface area contributed by atoms with E-state index in [1.54, 1.807) is 0 Å². The van der Waals surface area contributed by atoms with Gasteiger partial charge < -0.3 is 0 Å². The molecular weight excluding hydrogens is 204 g/mol. The molecule has 0 atom stereocenters. The van der Waals surface area contributed by atoms with Gasteiger partial charge in [-0.2, -0.15) is 0 Å². The smallest absolute Gasteiger partial charge is 0.0110 e. The Morgan fingerprint density at radius 1 is 0.941 bits per heavy atom. The second-order valence-electron chi connectivity index (χ2n) is 5.45. The van der Waals surface area contributed by atoms with Gasteiger partial charge in [-0.3, -0.25) is 0 Å². The summed E-state index contributed by atoms with van der Waals surface area (Å²) >= 11 is 0. The molecule has 17 heavy (non-hydrogen) atoms. The highest BCUT2D eigenvalue weighted by Crippen LogP contribution is 2.32. The largest absolute Gasteiger partial charge is 0.0837 e. The van der Waals surface area contributed by atoms with Crippen LogP contribution in [0, 0.1) is 19.3 Å². The van der Waals surface area contributed by atoms with Crippen molar-refractivity contribution in [1.82, 2.24) is 0 Å². The van der Waals surface area contributed by atoms with Crippen LogP contribution in [-0.4, -0.2) is 0 Å². The summed E-state index contributed by atoms with van der Waals surface area (Å²) in [4.78, 5) is 0. The predicted octanol–water partition coefficient (Wildman–Crippen LogP) is 5.22. The third-order valence-corrected chi connectivity index (χ3v) is 3.60. The van der Waals surface area contributed by atoms with Crippen LogP contribution in [0.5, 0.6) is 0 Å². The lowest BCUT2D eigenvalue weighted by Crippen LogP contribution is -2.13. The minimum atomic E-state index is 0.411. The van der Waals surface area contributed by atoms with E-state index in [2.05, 4.69) is 77.1 Å². The van der Waals surface area contributed by atoms with E-state index in [4.69, 9.17) is 0 Å². The molecule has 0 fully saturated rings. The number of benzene rings is 1. The van der Waals surface area contributed by atoms with E-state index in [0.29, 0.717) is 5.41 Å². The van der Waals surface area contributed by atoms with Crippen LogP contribution < -0.4 is 0 Å². The van der Waals surface area contributed by atoms with Crippen LogP contribution in [0.15, 0.2) is 48.1 Å². The van der Waals surface area contributed by atoms with Crippen LogP contribution in [0.1, 0.15) is 38.3 Å². The van der Waals surface area contributed by atoms with E-state index in [-0.39, 0.29) is 0 Å². The highest BCUT2D eigenvalue weighted by Gasteiger charge is 2.19. The van der Waals surface area contributed by atoms with Crippen LogP contribution in [0.4, 0.5) is 0 Å². The van der Waals surface area contributed by atoms with Gasteiger partial charge in [0.1, 0.15) is 0 Å². The van der Waals surface area contributed by atoms with Gasteiger partial charge >= 0.3 is 0 Å². The Labute approximate surface area is 106 Å². The van der Waals surface area contributed by atoms with Crippen molar-refractivity contribution in [3.05, 3.63) is 59.2 Å². The summed E-state index contributed by atoms with van der Waals surface area (Å²) < 4.78 is 0. The molecule has 0 amide bonds. The lowest BCUT2D eigenvalue weighted by Gasteiger charge is -2.26. The molecule has 1 aliphatic rings. The molecular formula is C17H24. The fourth-order valence-electron chi connectivity index (χ4n) is 1.62. The first-order valence-corrected chi connectivity index (χ1v) is 6.29. The molecule has 0 heterocycles. The maximum atomic E-state index is 2.28. The van der Waals surface area contributed by atoms with Gasteiger partial charge in [-0.15, -0.1) is 0 Å². The molecule has 1 aromatic rings. The molecule has 1 aromatic carbocycles. The van der Waals surface area contributed by atoms with Gasteiger partial charge in [0.05, 0.1) is 0 Å². The Morgan fingerprint density at radius 2 is 1.47 bits per heavy atom. The minimum Gasteiger partial charge on any atom is -0.0837 e. The summed E-state index contributed by atoms with van der Waals surface area (Å²) in [6, 6.07) is 8.36. The van der Waals surface area contributed by atoms with Crippen LogP contribution >= 0.6 is 0 Å². The molecule has 0 heteroatoms. The van der Waals surface area contributed by atoms with Gasteiger partial charge in [0.2, 0.25) is 0 Å².